The van der Waals surface area contributed by atoms with Gasteiger partial charge in [0, 0.05) is 32.0 Å². The van der Waals surface area contributed by atoms with Crippen molar-refractivity contribution in [2.45, 2.75) is 32.4 Å². The highest BCUT2D eigenvalue weighted by atomic mass is 35.5. The number of carbonyl (C=O) groups excluding carboxylic acids is 1. The summed E-state index contributed by atoms with van der Waals surface area (Å²) < 4.78 is 7.55. The highest BCUT2D eigenvalue weighted by Crippen LogP contribution is 2.27. The molecule has 0 fully saturated rings. The maximum Gasteiger partial charge on any atom is 0.211 e. The molecule has 8 heteroatoms. The van der Waals surface area contributed by atoms with Crippen LogP contribution in [0.2, 0.25) is 30.7 Å². The van der Waals surface area contributed by atoms with Crippen molar-refractivity contribution >= 4 is 31.1 Å². The lowest BCUT2D eigenvalue weighted by molar-refractivity contribution is 0.0798. The molecule has 152 valence electrons. The third-order valence-corrected chi connectivity index (χ3v) is 6.36. The number of carbonyl (C=O) groups is 1. The number of rotatable bonds is 8. The van der Waals surface area contributed by atoms with E-state index < -0.39 is 8.07 Å². The Morgan fingerprint density at radius 1 is 1.21 bits per heavy atom. The zero-order valence-corrected chi connectivity index (χ0v) is 18.6. The average Bonchev–Trinajstić information content (AvgIpc) is 3.05. The summed E-state index contributed by atoms with van der Waals surface area (Å²) in [7, 11) is -1.15. The molecule has 0 unspecified atom stereocenters. The number of hydrogen-bond acceptors (Lipinski definition) is 5. The van der Waals surface area contributed by atoms with Crippen molar-refractivity contribution in [2.75, 3.05) is 12.3 Å². The lowest BCUT2D eigenvalue weighted by Gasteiger charge is -2.16. The molecule has 0 spiro atoms. The maximum absolute atomic E-state index is 12.8. The Labute approximate surface area is 176 Å². The standard InChI is InChI=1S/C21H25ClN4O2Si/c1-29(2,3)10-9-28-14-26-20(18(23)13-25-26)15-5-4-6-16(11-15)21(27)19-8-7-17(22)12-24-19/h4-8,11-13H,9-10,14,23H2,1-3H3. The van der Waals surface area contributed by atoms with Crippen LogP contribution < -0.4 is 5.73 Å². The number of aromatic nitrogens is 3. The molecule has 0 saturated carbocycles. The quantitative estimate of drug-likeness (QED) is 0.318. The predicted molar refractivity (Wildman–Crippen MR) is 119 cm³/mol. The van der Waals surface area contributed by atoms with Crippen molar-refractivity contribution in [3.8, 4) is 11.3 Å². The average molecular weight is 429 g/mol. The molecule has 1 aromatic carbocycles. The molecule has 0 aliphatic rings. The molecule has 0 aliphatic heterocycles. The van der Waals surface area contributed by atoms with Gasteiger partial charge in [0.15, 0.2) is 0 Å². The number of halogens is 1. The van der Waals surface area contributed by atoms with Crippen molar-refractivity contribution in [1.29, 1.82) is 0 Å². The highest BCUT2D eigenvalue weighted by molar-refractivity contribution is 6.76. The van der Waals surface area contributed by atoms with Gasteiger partial charge in [-0.25, -0.2) is 4.68 Å². The topological polar surface area (TPSA) is 83.0 Å². The van der Waals surface area contributed by atoms with Crippen LogP contribution in [0, 0.1) is 0 Å². The molecule has 0 aliphatic carbocycles. The minimum Gasteiger partial charge on any atom is -0.396 e. The van der Waals surface area contributed by atoms with Gasteiger partial charge in [-0.05, 0) is 24.2 Å². The fraction of sp³-hybridized carbons (Fsp3) is 0.286. The predicted octanol–water partition coefficient (Wildman–Crippen LogP) is 4.72. The number of anilines is 1. The summed E-state index contributed by atoms with van der Waals surface area (Å²) in [5, 5.41) is 4.82. The molecule has 0 amide bonds. The molecule has 3 aromatic rings. The van der Waals surface area contributed by atoms with Gasteiger partial charge in [-0.2, -0.15) is 5.10 Å². The minimum atomic E-state index is -1.15. The third-order valence-electron chi connectivity index (χ3n) is 4.44. The fourth-order valence-corrected chi connectivity index (χ4v) is 3.68. The van der Waals surface area contributed by atoms with Crippen molar-refractivity contribution in [2.24, 2.45) is 0 Å². The smallest absolute Gasteiger partial charge is 0.211 e. The fourth-order valence-electron chi connectivity index (χ4n) is 2.81. The molecule has 2 N–H and O–H groups in total. The summed E-state index contributed by atoms with van der Waals surface area (Å²) in [6.07, 6.45) is 3.07. The number of ether oxygens (including phenoxy) is 1. The molecule has 29 heavy (non-hydrogen) atoms. The number of nitrogen functional groups attached to an aromatic ring is 1. The van der Waals surface area contributed by atoms with Crippen LogP contribution >= 0.6 is 11.6 Å². The first-order valence-corrected chi connectivity index (χ1v) is 13.5. The molecule has 6 nitrogen and oxygen atoms in total. The molecule has 2 aromatic heterocycles. The van der Waals surface area contributed by atoms with Gasteiger partial charge in [0.25, 0.3) is 0 Å². The van der Waals surface area contributed by atoms with Gasteiger partial charge in [0.05, 0.1) is 22.6 Å². The van der Waals surface area contributed by atoms with Crippen molar-refractivity contribution < 1.29 is 9.53 Å². The van der Waals surface area contributed by atoms with Gasteiger partial charge in [-0.1, -0.05) is 49.4 Å². The van der Waals surface area contributed by atoms with E-state index in [4.69, 9.17) is 22.1 Å². The Hall–Kier alpha value is -2.48. The first-order valence-electron chi connectivity index (χ1n) is 9.40. The summed E-state index contributed by atoms with van der Waals surface area (Å²) >= 11 is 5.86. The van der Waals surface area contributed by atoms with Crippen LogP contribution in [0.25, 0.3) is 11.3 Å². The van der Waals surface area contributed by atoms with Gasteiger partial charge in [0.2, 0.25) is 5.78 Å². The summed E-state index contributed by atoms with van der Waals surface area (Å²) in [5.41, 5.74) is 9.08. The Kier molecular flexibility index (Phi) is 6.51. The number of benzene rings is 1. The number of pyridine rings is 1. The normalized spacial score (nSPS) is 11.6. The largest absolute Gasteiger partial charge is 0.396 e. The van der Waals surface area contributed by atoms with Gasteiger partial charge >= 0.3 is 0 Å². The summed E-state index contributed by atoms with van der Waals surface area (Å²) in [5.74, 6) is -0.181. The first-order chi connectivity index (χ1) is 13.7. The minimum absolute atomic E-state index is 0.181. The van der Waals surface area contributed by atoms with Gasteiger partial charge in [0.1, 0.15) is 12.4 Å². The number of ketones is 1. The van der Waals surface area contributed by atoms with Crippen LogP contribution in [0.1, 0.15) is 16.1 Å². The lowest BCUT2D eigenvalue weighted by atomic mass is 10.0. The SMILES string of the molecule is C[Si](C)(C)CCOCn1ncc(N)c1-c1cccc(C(=O)c2ccc(Cl)cn2)c1. The third kappa shape index (κ3) is 5.53. The number of nitrogens with two attached hydrogens (primary N) is 1. The van der Waals surface area contributed by atoms with Crippen molar-refractivity contribution in [3.63, 3.8) is 0 Å². The van der Waals surface area contributed by atoms with Crippen LogP contribution in [0.15, 0.2) is 48.8 Å². The van der Waals surface area contributed by atoms with Gasteiger partial charge in [-0.3, -0.25) is 9.78 Å². The van der Waals surface area contributed by atoms with Crippen LogP contribution in [0.4, 0.5) is 5.69 Å². The molecular formula is C21H25ClN4O2Si. The Bertz CT molecular complexity index is 997. The number of nitrogens with zero attached hydrogens (tertiary/aromatic N) is 3. The van der Waals surface area contributed by atoms with Gasteiger partial charge < -0.3 is 10.5 Å². The van der Waals surface area contributed by atoms with E-state index in [1.54, 1.807) is 35.1 Å². The highest BCUT2D eigenvalue weighted by Gasteiger charge is 2.16. The molecular weight excluding hydrogens is 404 g/mol. The van der Waals surface area contributed by atoms with E-state index in [1.165, 1.54) is 6.20 Å². The summed E-state index contributed by atoms with van der Waals surface area (Å²) in [6, 6.07) is 11.6. The second-order valence-electron chi connectivity index (χ2n) is 8.07. The second kappa shape index (κ2) is 8.90. The van der Waals surface area contributed by atoms with E-state index in [1.807, 2.05) is 12.1 Å². The molecule has 0 atom stereocenters. The molecule has 3 rings (SSSR count). The molecule has 0 radical (unpaired) electrons. The maximum atomic E-state index is 12.8. The lowest BCUT2D eigenvalue weighted by Crippen LogP contribution is -2.22. The zero-order valence-electron chi connectivity index (χ0n) is 16.9. The van der Waals surface area contributed by atoms with Crippen LogP contribution in [0.3, 0.4) is 0 Å². The van der Waals surface area contributed by atoms with E-state index in [9.17, 15) is 4.79 Å². The summed E-state index contributed by atoms with van der Waals surface area (Å²) in [6.45, 7) is 7.94. The van der Waals surface area contributed by atoms with Crippen LogP contribution in [-0.2, 0) is 11.5 Å². The second-order valence-corrected chi connectivity index (χ2v) is 14.1. The Morgan fingerprint density at radius 3 is 2.69 bits per heavy atom. The van der Waals surface area contributed by atoms with E-state index >= 15 is 0 Å². The Balaban J connectivity index is 1.81. The molecule has 0 bridgehead atoms. The zero-order chi connectivity index (χ0) is 21.0. The van der Waals surface area contributed by atoms with E-state index in [-0.39, 0.29) is 5.78 Å². The molecule has 2 heterocycles. The first kappa shape index (κ1) is 21.2. The van der Waals surface area contributed by atoms with Crippen LogP contribution in [-0.4, -0.2) is 35.2 Å². The monoisotopic (exact) mass is 428 g/mol. The van der Waals surface area contributed by atoms with Crippen molar-refractivity contribution in [1.82, 2.24) is 14.8 Å². The van der Waals surface area contributed by atoms with Crippen molar-refractivity contribution in [3.05, 3.63) is 65.1 Å². The van der Waals surface area contributed by atoms with E-state index in [0.29, 0.717) is 35.3 Å². The van der Waals surface area contributed by atoms with E-state index in [0.717, 1.165) is 17.3 Å². The van der Waals surface area contributed by atoms with E-state index in [2.05, 4.69) is 29.7 Å². The summed E-state index contributed by atoms with van der Waals surface area (Å²) in [4.78, 5) is 16.9. The number of hydrogen-bond donors (Lipinski definition) is 1. The van der Waals surface area contributed by atoms with Crippen LogP contribution in [0.5, 0.6) is 0 Å². The van der Waals surface area contributed by atoms with Gasteiger partial charge in [-0.15, -0.1) is 0 Å². The molecule has 0 saturated heterocycles. The Morgan fingerprint density at radius 2 is 2.00 bits per heavy atom.